The van der Waals surface area contributed by atoms with Crippen LogP contribution in [0.25, 0.3) is 0 Å². The Hall–Kier alpha value is -0.870. The Morgan fingerprint density at radius 1 is 1.67 bits per heavy atom. The highest BCUT2D eigenvalue weighted by Gasteiger charge is 2.20. The third-order valence-corrected chi connectivity index (χ3v) is 1.79. The average Bonchev–Trinajstić information content (AvgIpc) is 2.04. The number of hydrogen-bond donors (Lipinski definition) is 3. The first-order valence-corrected chi connectivity index (χ1v) is 3.80. The summed E-state index contributed by atoms with van der Waals surface area (Å²) in [4.78, 5) is 10.4. The van der Waals surface area contributed by atoms with Gasteiger partial charge in [-0.05, 0) is 19.4 Å². The van der Waals surface area contributed by atoms with Crippen molar-refractivity contribution in [3.05, 3.63) is 11.6 Å². The normalized spacial score (nSPS) is 17.2. The number of carboxylic acids is 1. The molecular formula is C8H15NO3. The first kappa shape index (κ1) is 11.1. The molecule has 4 heteroatoms. The molecule has 0 saturated heterocycles. The minimum atomic E-state index is -1.18. The summed E-state index contributed by atoms with van der Waals surface area (Å²) in [5.41, 5.74) is 4.22. The lowest BCUT2D eigenvalue weighted by atomic mass is 9.98. The minimum absolute atomic E-state index is 0.0358. The minimum Gasteiger partial charge on any atom is -0.478 e. The second-order valence-electron chi connectivity index (χ2n) is 2.79. The van der Waals surface area contributed by atoms with Gasteiger partial charge < -0.3 is 15.9 Å². The van der Waals surface area contributed by atoms with Crippen molar-refractivity contribution in [2.45, 2.75) is 25.9 Å². The van der Waals surface area contributed by atoms with Gasteiger partial charge in [-0.25, -0.2) is 4.79 Å². The molecule has 0 bridgehead atoms. The van der Waals surface area contributed by atoms with Crippen LogP contribution in [-0.4, -0.2) is 28.3 Å². The fraction of sp³-hybridized carbons (Fsp3) is 0.625. The standard InChI is InChI=1S/C8H15NO3/c1-3-8(12,5-9)4-6(2)7(10)11/h4,12H,3,5,9H2,1-2H3,(H,10,11)/b6-4+. The fourth-order valence-electron chi connectivity index (χ4n) is 0.770. The van der Waals surface area contributed by atoms with E-state index in [-0.39, 0.29) is 12.1 Å². The maximum Gasteiger partial charge on any atom is 0.331 e. The molecule has 0 heterocycles. The van der Waals surface area contributed by atoms with Crippen molar-refractivity contribution < 1.29 is 15.0 Å². The molecule has 1 unspecified atom stereocenters. The number of rotatable bonds is 4. The van der Waals surface area contributed by atoms with E-state index in [0.29, 0.717) is 6.42 Å². The van der Waals surface area contributed by atoms with Crippen molar-refractivity contribution in [3.63, 3.8) is 0 Å². The molecule has 0 aliphatic carbocycles. The van der Waals surface area contributed by atoms with E-state index in [1.54, 1.807) is 6.92 Å². The number of hydrogen-bond acceptors (Lipinski definition) is 3. The van der Waals surface area contributed by atoms with Crippen molar-refractivity contribution in [2.24, 2.45) is 5.73 Å². The van der Waals surface area contributed by atoms with E-state index in [9.17, 15) is 9.90 Å². The van der Waals surface area contributed by atoms with Crippen LogP contribution in [0.4, 0.5) is 0 Å². The Balaban J connectivity index is 4.57. The van der Waals surface area contributed by atoms with Gasteiger partial charge >= 0.3 is 5.97 Å². The zero-order valence-electron chi connectivity index (χ0n) is 7.37. The molecule has 0 aliphatic heterocycles. The van der Waals surface area contributed by atoms with Crippen molar-refractivity contribution in [3.8, 4) is 0 Å². The smallest absolute Gasteiger partial charge is 0.331 e. The SMILES string of the molecule is CCC(O)(/C=C(\C)C(=O)O)CN. The van der Waals surface area contributed by atoms with Gasteiger partial charge in [-0.1, -0.05) is 6.92 Å². The van der Waals surface area contributed by atoms with E-state index in [1.165, 1.54) is 13.0 Å². The highest BCUT2D eigenvalue weighted by Crippen LogP contribution is 2.12. The van der Waals surface area contributed by atoms with Crippen molar-refractivity contribution in [2.75, 3.05) is 6.54 Å². The van der Waals surface area contributed by atoms with E-state index in [2.05, 4.69) is 0 Å². The van der Waals surface area contributed by atoms with Crippen LogP contribution >= 0.6 is 0 Å². The highest BCUT2D eigenvalue weighted by atomic mass is 16.4. The predicted molar refractivity (Wildman–Crippen MR) is 45.7 cm³/mol. The Labute approximate surface area is 71.7 Å². The maximum atomic E-state index is 10.4. The van der Waals surface area contributed by atoms with Crippen LogP contribution < -0.4 is 5.73 Å². The Morgan fingerprint density at radius 2 is 2.17 bits per heavy atom. The molecule has 0 saturated carbocycles. The fourth-order valence-corrected chi connectivity index (χ4v) is 0.770. The molecule has 0 aromatic rings. The van der Waals surface area contributed by atoms with Gasteiger partial charge in [0.25, 0.3) is 0 Å². The van der Waals surface area contributed by atoms with Gasteiger partial charge in [-0.3, -0.25) is 0 Å². The van der Waals surface area contributed by atoms with Crippen LogP contribution in [-0.2, 0) is 4.79 Å². The zero-order chi connectivity index (χ0) is 9.78. The summed E-state index contributed by atoms with van der Waals surface area (Å²) < 4.78 is 0. The first-order valence-electron chi connectivity index (χ1n) is 3.80. The van der Waals surface area contributed by atoms with E-state index in [0.717, 1.165) is 0 Å². The summed E-state index contributed by atoms with van der Waals surface area (Å²) >= 11 is 0. The molecule has 4 N–H and O–H groups in total. The van der Waals surface area contributed by atoms with E-state index < -0.39 is 11.6 Å². The molecule has 0 aromatic carbocycles. The van der Waals surface area contributed by atoms with Crippen LogP contribution in [0.2, 0.25) is 0 Å². The maximum absolute atomic E-state index is 10.4. The Kier molecular flexibility index (Phi) is 3.92. The van der Waals surface area contributed by atoms with Gasteiger partial charge in [0.2, 0.25) is 0 Å². The average molecular weight is 173 g/mol. The van der Waals surface area contributed by atoms with Crippen molar-refractivity contribution >= 4 is 5.97 Å². The molecule has 4 nitrogen and oxygen atoms in total. The van der Waals surface area contributed by atoms with Gasteiger partial charge in [0.05, 0.1) is 5.60 Å². The van der Waals surface area contributed by atoms with E-state index >= 15 is 0 Å². The largest absolute Gasteiger partial charge is 0.478 e. The summed E-state index contributed by atoms with van der Waals surface area (Å²) in [5, 5.41) is 18.1. The van der Waals surface area contributed by atoms with Crippen LogP contribution in [0.15, 0.2) is 11.6 Å². The summed E-state index contributed by atoms with van der Waals surface area (Å²) in [5.74, 6) is -1.03. The summed E-state index contributed by atoms with van der Waals surface area (Å²) in [6.45, 7) is 3.21. The summed E-state index contributed by atoms with van der Waals surface area (Å²) in [7, 11) is 0. The quantitative estimate of drug-likeness (QED) is 0.527. The van der Waals surface area contributed by atoms with Gasteiger partial charge in [-0.15, -0.1) is 0 Å². The lowest BCUT2D eigenvalue weighted by Crippen LogP contribution is -2.35. The molecule has 0 rings (SSSR count). The molecule has 0 radical (unpaired) electrons. The predicted octanol–water partition coefficient (Wildman–Crippen LogP) is 0.117. The molecular weight excluding hydrogens is 158 g/mol. The molecule has 0 aromatic heterocycles. The number of aliphatic hydroxyl groups is 1. The number of carbonyl (C=O) groups is 1. The molecule has 0 spiro atoms. The van der Waals surface area contributed by atoms with Gasteiger partial charge in [0.15, 0.2) is 0 Å². The second-order valence-corrected chi connectivity index (χ2v) is 2.79. The molecule has 0 amide bonds. The first-order chi connectivity index (χ1) is 5.45. The Morgan fingerprint density at radius 3 is 2.42 bits per heavy atom. The van der Waals surface area contributed by atoms with Crippen molar-refractivity contribution in [1.29, 1.82) is 0 Å². The zero-order valence-corrected chi connectivity index (χ0v) is 7.37. The lowest BCUT2D eigenvalue weighted by molar-refractivity contribution is -0.132. The van der Waals surface area contributed by atoms with Gasteiger partial charge in [0, 0.05) is 12.1 Å². The third kappa shape index (κ3) is 3.02. The highest BCUT2D eigenvalue weighted by molar-refractivity contribution is 5.86. The number of nitrogens with two attached hydrogens (primary N) is 1. The molecule has 0 aliphatic rings. The number of carboxylic acid groups (broad SMARTS) is 1. The summed E-state index contributed by atoms with van der Waals surface area (Å²) in [6.07, 6.45) is 1.70. The van der Waals surface area contributed by atoms with Gasteiger partial charge in [-0.2, -0.15) is 0 Å². The molecule has 0 fully saturated rings. The number of aliphatic carboxylic acids is 1. The second kappa shape index (κ2) is 4.23. The van der Waals surface area contributed by atoms with Crippen LogP contribution in [0.3, 0.4) is 0 Å². The van der Waals surface area contributed by atoms with Crippen LogP contribution in [0.5, 0.6) is 0 Å². The van der Waals surface area contributed by atoms with E-state index in [4.69, 9.17) is 10.8 Å². The molecule has 1 atom stereocenters. The van der Waals surface area contributed by atoms with E-state index in [1.807, 2.05) is 0 Å². The topological polar surface area (TPSA) is 83.5 Å². The van der Waals surface area contributed by atoms with Crippen LogP contribution in [0.1, 0.15) is 20.3 Å². The lowest BCUT2D eigenvalue weighted by Gasteiger charge is -2.20. The third-order valence-electron chi connectivity index (χ3n) is 1.79. The van der Waals surface area contributed by atoms with Gasteiger partial charge in [0.1, 0.15) is 0 Å². The monoisotopic (exact) mass is 173 g/mol. The Bertz CT molecular complexity index is 194. The molecule has 12 heavy (non-hydrogen) atoms. The molecule has 70 valence electrons. The van der Waals surface area contributed by atoms with Crippen LogP contribution in [0, 0.1) is 0 Å². The summed E-state index contributed by atoms with van der Waals surface area (Å²) in [6, 6.07) is 0. The van der Waals surface area contributed by atoms with Crippen molar-refractivity contribution in [1.82, 2.24) is 0 Å².